The molecule has 0 aromatic carbocycles. The number of hydrogen-bond donors (Lipinski definition) is 2. The molecule has 4 heteroatoms. The molecule has 0 radical (unpaired) electrons. The summed E-state index contributed by atoms with van der Waals surface area (Å²) in [5.41, 5.74) is 5.82. The van der Waals surface area contributed by atoms with Crippen LogP contribution in [0.5, 0.6) is 0 Å². The fraction of sp³-hybridized carbons (Fsp3) is 0.900. The molecule has 1 saturated heterocycles. The summed E-state index contributed by atoms with van der Waals surface area (Å²) in [7, 11) is 0. The molecule has 14 heavy (non-hydrogen) atoms. The first-order valence-corrected chi connectivity index (χ1v) is 5.16. The standard InChI is InChI=1S/C10H20N2O2/c1-3-8(11)4-9(13)12-5-10(2)6-14-7-10/h8H,3-7,11H2,1-2H3,(H,12,13). The largest absolute Gasteiger partial charge is 0.380 e. The molecule has 0 saturated carbocycles. The minimum absolute atomic E-state index is 0.0135. The number of nitrogens with one attached hydrogen (secondary N) is 1. The average molecular weight is 200 g/mol. The molecule has 1 fully saturated rings. The zero-order valence-corrected chi connectivity index (χ0v) is 9.01. The number of hydrogen-bond acceptors (Lipinski definition) is 3. The van der Waals surface area contributed by atoms with E-state index in [0.29, 0.717) is 13.0 Å². The van der Waals surface area contributed by atoms with E-state index in [-0.39, 0.29) is 17.4 Å². The molecule has 0 spiro atoms. The Balaban J connectivity index is 2.14. The predicted molar refractivity (Wildman–Crippen MR) is 54.8 cm³/mol. The van der Waals surface area contributed by atoms with E-state index in [9.17, 15) is 4.79 Å². The minimum Gasteiger partial charge on any atom is -0.380 e. The lowest BCUT2D eigenvalue weighted by molar-refractivity contribution is -0.127. The van der Waals surface area contributed by atoms with Crippen molar-refractivity contribution in [3.8, 4) is 0 Å². The van der Waals surface area contributed by atoms with Crippen LogP contribution in [0.15, 0.2) is 0 Å². The molecule has 1 amide bonds. The maximum atomic E-state index is 11.4. The lowest BCUT2D eigenvalue weighted by Crippen LogP contribution is -2.49. The van der Waals surface area contributed by atoms with Crippen LogP contribution < -0.4 is 11.1 Å². The second kappa shape index (κ2) is 4.75. The minimum atomic E-state index is -0.0135. The molecule has 1 atom stereocenters. The Morgan fingerprint density at radius 2 is 2.29 bits per heavy atom. The highest BCUT2D eigenvalue weighted by Crippen LogP contribution is 2.24. The summed E-state index contributed by atoms with van der Waals surface area (Å²) in [6, 6.07) is -0.0135. The second-order valence-electron chi connectivity index (χ2n) is 4.45. The fourth-order valence-electron chi connectivity index (χ4n) is 1.32. The number of carbonyl (C=O) groups is 1. The maximum absolute atomic E-state index is 11.4. The molecule has 0 aromatic heterocycles. The van der Waals surface area contributed by atoms with E-state index < -0.39 is 0 Å². The number of nitrogens with two attached hydrogens (primary N) is 1. The zero-order valence-electron chi connectivity index (χ0n) is 9.01. The first kappa shape index (κ1) is 11.5. The Labute approximate surface area is 85.2 Å². The van der Waals surface area contributed by atoms with Crippen LogP contribution in [0.3, 0.4) is 0 Å². The average Bonchev–Trinajstić information content (AvgIpc) is 2.11. The van der Waals surface area contributed by atoms with Gasteiger partial charge in [-0.05, 0) is 6.42 Å². The summed E-state index contributed by atoms with van der Waals surface area (Å²) in [5.74, 6) is 0.0486. The second-order valence-corrected chi connectivity index (χ2v) is 4.45. The van der Waals surface area contributed by atoms with Gasteiger partial charge in [-0.2, -0.15) is 0 Å². The molecule has 3 N–H and O–H groups in total. The van der Waals surface area contributed by atoms with Gasteiger partial charge in [0.25, 0.3) is 0 Å². The van der Waals surface area contributed by atoms with E-state index in [1.165, 1.54) is 0 Å². The van der Waals surface area contributed by atoms with Gasteiger partial charge in [-0.15, -0.1) is 0 Å². The molecule has 0 aromatic rings. The van der Waals surface area contributed by atoms with Gasteiger partial charge in [-0.25, -0.2) is 0 Å². The molecule has 0 aliphatic carbocycles. The summed E-state index contributed by atoms with van der Waals surface area (Å²) in [6.07, 6.45) is 1.27. The zero-order chi connectivity index (χ0) is 10.6. The normalized spacial score (nSPS) is 21.1. The Bertz CT molecular complexity index is 202. The van der Waals surface area contributed by atoms with Crippen LogP contribution in [0, 0.1) is 5.41 Å². The molecule has 1 unspecified atom stereocenters. The summed E-state index contributed by atoms with van der Waals surface area (Å²) < 4.78 is 5.10. The predicted octanol–water partition coefficient (Wildman–Crippen LogP) is 0.267. The highest BCUT2D eigenvalue weighted by molar-refractivity contribution is 5.76. The van der Waals surface area contributed by atoms with E-state index in [4.69, 9.17) is 10.5 Å². The third-order valence-corrected chi connectivity index (χ3v) is 2.59. The first-order chi connectivity index (χ1) is 6.56. The number of carbonyl (C=O) groups excluding carboxylic acids is 1. The molecule has 82 valence electrons. The van der Waals surface area contributed by atoms with Gasteiger partial charge >= 0.3 is 0 Å². The molecule has 1 aliphatic rings. The van der Waals surface area contributed by atoms with Crippen LogP contribution in [-0.4, -0.2) is 31.7 Å². The van der Waals surface area contributed by atoms with Gasteiger partial charge in [0.1, 0.15) is 0 Å². The smallest absolute Gasteiger partial charge is 0.221 e. The Hall–Kier alpha value is -0.610. The van der Waals surface area contributed by atoms with Crippen molar-refractivity contribution in [2.24, 2.45) is 11.1 Å². The topological polar surface area (TPSA) is 64.4 Å². The number of ether oxygens (including phenoxy) is 1. The molecule has 1 aliphatic heterocycles. The van der Waals surface area contributed by atoms with E-state index in [1.54, 1.807) is 0 Å². The molecular weight excluding hydrogens is 180 g/mol. The van der Waals surface area contributed by atoms with E-state index >= 15 is 0 Å². The summed E-state index contributed by atoms with van der Waals surface area (Å²) in [4.78, 5) is 11.4. The van der Waals surface area contributed by atoms with Gasteiger partial charge in [0, 0.05) is 24.4 Å². The third-order valence-electron chi connectivity index (χ3n) is 2.59. The van der Waals surface area contributed by atoms with Crippen LogP contribution in [0.25, 0.3) is 0 Å². The lowest BCUT2D eigenvalue weighted by Gasteiger charge is -2.38. The molecule has 0 bridgehead atoms. The quantitative estimate of drug-likeness (QED) is 0.669. The van der Waals surface area contributed by atoms with E-state index in [0.717, 1.165) is 19.6 Å². The molecular formula is C10H20N2O2. The Morgan fingerprint density at radius 1 is 1.64 bits per heavy atom. The summed E-state index contributed by atoms with van der Waals surface area (Å²) in [5, 5.41) is 2.89. The highest BCUT2D eigenvalue weighted by atomic mass is 16.5. The van der Waals surface area contributed by atoms with Crippen molar-refractivity contribution < 1.29 is 9.53 Å². The Kier molecular flexibility index (Phi) is 3.89. The van der Waals surface area contributed by atoms with Gasteiger partial charge in [-0.1, -0.05) is 13.8 Å². The van der Waals surface area contributed by atoms with Crippen molar-refractivity contribution >= 4 is 5.91 Å². The van der Waals surface area contributed by atoms with Crippen LogP contribution in [-0.2, 0) is 9.53 Å². The van der Waals surface area contributed by atoms with Gasteiger partial charge in [0.05, 0.1) is 13.2 Å². The van der Waals surface area contributed by atoms with Crippen LogP contribution in [0.1, 0.15) is 26.7 Å². The lowest BCUT2D eigenvalue weighted by atomic mass is 9.89. The van der Waals surface area contributed by atoms with Crippen LogP contribution >= 0.6 is 0 Å². The van der Waals surface area contributed by atoms with Crippen LogP contribution in [0.2, 0.25) is 0 Å². The van der Waals surface area contributed by atoms with Gasteiger partial charge < -0.3 is 15.8 Å². The third kappa shape index (κ3) is 3.27. The van der Waals surface area contributed by atoms with Crippen molar-refractivity contribution in [1.29, 1.82) is 0 Å². The SMILES string of the molecule is CCC(N)CC(=O)NCC1(C)COC1. The summed E-state index contributed by atoms with van der Waals surface area (Å²) >= 11 is 0. The molecule has 1 heterocycles. The van der Waals surface area contributed by atoms with Gasteiger partial charge in [0.15, 0.2) is 0 Å². The van der Waals surface area contributed by atoms with E-state index in [1.807, 2.05) is 6.92 Å². The maximum Gasteiger partial charge on any atom is 0.221 e. The van der Waals surface area contributed by atoms with Crippen molar-refractivity contribution in [3.05, 3.63) is 0 Å². The van der Waals surface area contributed by atoms with Crippen molar-refractivity contribution in [2.45, 2.75) is 32.7 Å². The van der Waals surface area contributed by atoms with Gasteiger partial charge in [-0.3, -0.25) is 4.79 Å². The van der Waals surface area contributed by atoms with Gasteiger partial charge in [0.2, 0.25) is 5.91 Å². The van der Waals surface area contributed by atoms with Crippen LogP contribution in [0.4, 0.5) is 0 Å². The Morgan fingerprint density at radius 3 is 2.71 bits per heavy atom. The fourth-order valence-corrected chi connectivity index (χ4v) is 1.32. The van der Waals surface area contributed by atoms with Crippen molar-refractivity contribution in [1.82, 2.24) is 5.32 Å². The van der Waals surface area contributed by atoms with E-state index in [2.05, 4.69) is 12.2 Å². The number of amides is 1. The number of rotatable bonds is 5. The summed E-state index contributed by atoms with van der Waals surface area (Å²) in [6.45, 7) is 6.28. The molecule has 4 nitrogen and oxygen atoms in total. The van der Waals surface area contributed by atoms with Crippen molar-refractivity contribution in [3.63, 3.8) is 0 Å². The highest BCUT2D eigenvalue weighted by Gasteiger charge is 2.33. The van der Waals surface area contributed by atoms with Crippen molar-refractivity contribution in [2.75, 3.05) is 19.8 Å². The molecule has 1 rings (SSSR count). The monoisotopic (exact) mass is 200 g/mol. The first-order valence-electron chi connectivity index (χ1n) is 5.16.